The molecule has 0 aliphatic carbocycles. The number of terminal acetylenes is 1. The van der Waals surface area contributed by atoms with E-state index in [1.165, 1.54) is 17.1 Å². The maximum absolute atomic E-state index is 12.5. The van der Waals surface area contributed by atoms with Crippen molar-refractivity contribution in [1.29, 1.82) is 0 Å². The highest BCUT2D eigenvalue weighted by Gasteiger charge is 2.24. The number of rotatable bonds is 5. The Bertz CT molecular complexity index is 954. The van der Waals surface area contributed by atoms with Crippen LogP contribution < -0.4 is 4.72 Å². The van der Waals surface area contributed by atoms with E-state index in [-0.39, 0.29) is 11.6 Å². The van der Waals surface area contributed by atoms with Crippen LogP contribution in [0.3, 0.4) is 0 Å². The molecule has 0 atom stereocenters. The van der Waals surface area contributed by atoms with Crippen LogP contribution in [-0.4, -0.2) is 27.8 Å². The highest BCUT2D eigenvalue weighted by molar-refractivity contribution is 7.92. The van der Waals surface area contributed by atoms with E-state index in [1.54, 1.807) is 12.1 Å². The largest absolute Gasteiger partial charge is 0.282 e. The van der Waals surface area contributed by atoms with Gasteiger partial charge in [-0.3, -0.25) is 9.40 Å². The van der Waals surface area contributed by atoms with Crippen LogP contribution in [0.5, 0.6) is 0 Å². The Morgan fingerprint density at radius 2 is 2.09 bits per heavy atom. The molecule has 23 heavy (non-hydrogen) atoms. The van der Waals surface area contributed by atoms with Crippen molar-refractivity contribution in [2.75, 3.05) is 4.72 Å². The van der Waals surface area contributed by atoms with Crippen LogP contribution in [0, 0.1) is 12.3 Å². The lowest BCUT2D eigenvalue weighted by atomic mass is 10.2. The van der Waals surface area contributed by atoms with Crippen molar-refractivity contribution < 1.29 is 8.42 Å². The number of benzene rings is 1. The molecule has 0 saturated heterocycles. The molecule has 0 amide bonds. The third-order valence-electron chi connectivity index (χ3n) is 2.89. The van der Waals surface area contributed by atoms with Gasteiger partial charge in [-0.1, -0.05) is 40.7 Å². The summed E-state index contributed by atoms with van der Waals surface area (Å²) in [5, 5.41) is 7.62. The molecule has 116 valence electrons. The monoisotopic (exact) mass is 345 g/mol. The van der Waals surface area contributed by atoms with Crippen molar-refractivity contribution in [1.82, 2.24) is 19.4 Å². The summed E-state index contributed by atoms with van der Waals surface area (Å²) < 4.78 is 32.7. The van der Waals surface area contributed by atoms with Crippen molar-refractivity contribution >= 4 is 27.2 Å². The van der Waals surface area contributed by atoms with Crippen LogP contribution in [0.4, 0.5) is 5.69 Å². The zero-order valence-electron chi connectivity index (χ0n) is 11.7. The molecule has 0 spiro atoms. The van der Waals surface area contributed by atoms with Crippen LogP contribution in [0.2, 0.25) is 0 Å². The molecule has 9 heteroatoms. The Morgan fingerprint density at radius 1 is 1.30 bits per heavy atom. The van der Waals surface area contributed by atoms with E-state index in [9.17, 15) is 8.42 Å². The Morgan fingerprint density at radius 3 is 2.83 bits per heavy atom. The van der Waals surface area contributed by atoms with E-state index in [0.717, 1.165) is 17.1 Å². The highest BCUT2D eigenvalue weighted by Crippen LogP contribution is 2.29. The van der Waals surface area contributed by atoms with Gasteiger partial charge in [-0.2, -0.15) is 13.5 Å². The molecule has 1 N–H and O–H groups in total. The maximum Gasteiger partial charge on any atom is 0.282 e. The zero-order valence-corrected chi connectivity index (χ0v) is 13.4. The molecule has 0 fully saturated rings. The van der Waals surface area contributed by atoms with Crippen LogP contribution >= 0.6 is 11.5 Å². The molecule has 2 heterocycles. The second kappa shape index (κ2) is 6.20. The number of aromatic nitrogens is 4. The van der Waals surface area contributed by atoms with Gasteiger partial charge in [0.2, 0.25) is 5.03 Å². The minimum Gasteiger partial charge on any atom is -0.275 e. The Labute approximate surface area is 137 Å². The van der Waals surface area contributed by atoms with E-state index in [0.29, 0.717) is 10.6 Å². The van der Waals surface area contributed by atoms with Crippen molar-refractivity contribution in [3.63, 3.8) is 0 Å². The molecule has 3 rings (SSSR count). The lowest BCUT2D eigenvalue weighted by molar-refractivity contribution is 0.597. The van der Waals surface area contributed by atoms with Gasteiger partial charge in [0, 0.05) is 0 Å². The zero-order chi connectivity index (χ0) is 16.3. The summed E-state index contributed by atoms with van der Waals surface area (Å²) in [7, 11) is -3.87. The van der Waals surface area contributed by atoms with Gasteiger partial charge in [0.1, 0.15) is 6.54 Å². The lowest BCUT2D eigenvalue weighted by Crippen LogP contribution is -2.14. The van der Waals surface area contributed by atoms with E-state index in [4.69, 9.17) is 6.42 Å². The SMILES string of the molecule is C#CCn1cc(NS(=O)(=O)c2nnsc2-c2ccccc2)cn1. The summed E-state index contributed by atoms with van der Waals surface area (Å²) >= 11 is 1.03. The molecule has 7 nitrogen and oxygen atoms in total. The van der Waals surface area contributed by atoms with Gasteiger partial charge in [-0.25, -0.2) is 0 Å². The fraction of sp³-hybridized carbons (Fsp3) is 0.0714. The first-order valence-electron chi connectivity index (χ1n) is 6.46. The van der Waals surface area contributed by atoms with Crippen LogP contribution in [-0.2, 0) is 16.6 Å². The van der Waals surface area contributed by atoms with Gasteiger partial charge < -0.3 is 0 Å². The third-order valence-corrected chi connectivity index (χ3v) is 5.09. The summed E-state index contributed by atoms with van der Waals surface area (Å²) in [6.07, 6.45) is 8.09. The predicted octanol–water partition coefficient (Wildman–Crippen LogP) is 1.84. The molecule has 3 aromatic rings. The first kappa shape index (κ1) is 15.2. The van der Waals surface area contributed by atoms with Gasteiger partial charge in [-0.15, -0.1) is 11.5 Å². The smallest absolute Gasteiger partial charge is 0.275 e. The number of nitrogens with zero attached hydrogens (tertiary/aromatic N) is 4. The first-order chi connectivity index (χ1) is 11.1. The van der Waals surface area contributed by atoms with Crippen LogP contribution in [0.1, 0.15) is 0 Å². The van der Waals surface area contributed by atoms with Gasteiger partial charge in [-0.05, 0) is 17.1 Å². The van der Waals surface area contributed by atoms with E-state index >= 15 is 0 Å². The van der Waals surface area contributed by atoms with Crippen LogP contribution in [0.25, 0.3) is 10.4 Å². The van der Waals surface area contributed by atoms with Crippen molar-refractivity contribution in [2.45, 2.75) is 11.6 Å². The van der Waals surface area contributed by atoms with Gasteiger partial charge >= 0.3 is 0 Å². The predicted molar refractivity (Wildman–Crippen MR) is 87.2 cm³/mol. The van der Waals surface area contributed by atoms with E-state index in [2.05, 4.69) is 25.3 Å². The summed E-state index contributed by atoms with van der Waals surface area (Å²) in [5.74, 6) is 2.42. The molecule has 0 radical (unpaired) electrons. The molecule has 1 aromatic carbocycles. The number of anilines is 1. The molecule has 0 aliphatic heterocycles. The van der Waals surface area contributed by atoms with Crippen molar-refractivity contribution in [3.05, 3.63) is 42.7 Å². The van der Waals surface area contributed by atoms with Crippen molar-refractivity contribution in [2.24, 2.45) is 0 Å². The second-order valence-corrected chi connectivity index (χ2v) is 6.86. The highest BCUT2D eigenvalue weighted by atomic mass is 32.2. The number of hydrogen-bond donors (Lipinski definition) is 1. The quantitative estimate of drug-likeness (QED) is 0.713. The molecular formula is C14H11N5O2S2. The maximum atomic E-state index is 12.5. The minimum atomic E-state index is -3.87. The summed E-state index contributed by atoms with van der Waals surface area (Å²) in [4.78, 5) is 0.481. The second-order valence-electron chi connectivity index (χ2n) is 4.51. The summed E-state index contributed by atoms with van der Waals surface area (Å²) in [6.45, 7) is 0.259. The number of hydrogen-bond acceptors (Lipinski definition) is 6. The average Bonchev–Trinajstić information content (AvgIpc) is 3.18. The van der Waals surface area contributed by atoms with Gasteiger partial charge in [0.15, 0.2) is 0 Å². The van der Waals surface area contributed by atoms with Gasteiger partial charge in [0.25, 0.3) is 10.0 Å². The van der Waals surface area contributed by atoms with E-state index < -0.39 is 10.0 Å². The molecule has 0 unspecified atom stereocenters. The summed E-state index contributed by atoms with van der Waals surface area (Å²) in [6, 6.07) is 9.11. The standard InChI is InChI=1S/C14H11N5O2S2/c1-2-8-19-10-12(9-15-19)17-23(20,21)14-13(22-18-16-14)11-6-4-3-5-7-11/h1,3-7,9-10,17H,8H2. The molecule has 0 aliphatic rings. The number of nitrogens with one attached hydrogen (secondary N) is 1. The Kier molecular flexibility index (Phi) is 4.10. The van der Waals surface area contributed by atoms with Crippen molar-refractivity contribution in [3.8, 4) is 22.8 Å². The minimum absolute atomic E-state index is 0.113. The fourth-order valence-corrected chi connectivity index (χ4v) is 4.00. The molecule has 0 bridgehead atoms. The molecule has 2 aromatic heterocycles. The average molecular weight is 345 g/mol. The Hall–Kier alpha value is -2.70. The van der Waals surface area contributed by atoms with Gasteiger partial charge in [0.05, 0.1) is 23.0 Å². The van der Waals surface area contributed by atoms with E-state index in [1.807, 2.05) is 18.2 Å². The number of sulfonamides is 1. The topological polar surface area (TPSA) is 89.8 Å². The fourth-order valence-electron chi connectivity index (χ4n) is 1.92. The molecule has 0 saturated carbocycles. The lowest BCUT2D eigenvalue weighted by Gasteiger charge is -2.04. The Balaban J connectivity index is 1.92. The summed E-state index contributed by atoms with van der Waals surface area (Å²) in [5.41, 5.74) is 1.05. The third kappa shape index (κ3) is 3.23. The molecular weight excluding hydrogens is 334 g/mol. The van der Waals surface area contributed by atoms with Crippen LogP contribution in [0.15, 0.2) is 47.8 Å². The normalized spacial score (nSPS) is 11.1. The first-order valence-corrected chi connectivity index (χ1v) is 8.72.